The number of carbonyl (C=O) groups excluding carboxylic acids is 3. The van der Waals surface area contributed by atoms with E-state index in [1.54, 1.807) is 42.5 Å². The number of thioether (sulfide) groups is 1. The zero-order chi connectivity index (χ0) is 22.5. The number of methoxy groups -OCH3 is 1. The number of hydrogen-bond acceptors (Lipinski definition) is 7. The Bertz CT molecular complexity index is 1020. The average molecular weight is 442 g/mol. The molecule has 1 fully saturated rings. The molecule has 0 aromatic heterocycles. The minimum atomic E-state index is -0.975. The second-order valence-electron chi connectivity index (χ2n) is 6.93. The van der Waals surface area contributed by atoms with Crippen molar-refractivity contribution in [1.82, 2.24) is 9.80 Å². The summed E-state index contributed by atoms with van der Waals surface area (Å²) < 4.78 is 5.16. The molecule has 0 aliphatic carbocycles. The van der Waals surface area contributed by atoms with Gasteiger partial charge < -0.3 is 19.8 Å². The number of ether oxygens (including phenoxy) is 1. The summed E-state index contributed by atoms with van der Waals surface area (Å²) in [7, 11) is 3.02. The maximum atomic E-state index is 12.6. The molecule has 1 unspecified atom stereocenters. The minimum Gasteiger partial charge on any atom is -0.508 e. The molecular weight excluding hydrogens is 420 g/mol. The van der Waals surface area contributed by atoms with Crippen LogP contribution < -0.4 is 4.74 Å². The van der Waals surface area contributed by atoms with Crippen LogP contribution in [-0.2, 0) is 9.59 Å². The summed E-state index contributed by atoms with van der Waals surface area (Å²) in [5.41, 5.74) is 1.23. The predicted octanol–water partition coefficient (Wildman–Crippen LogP) is 2.63. The van der Waals surface area contributed by atoms with Gasteiger partial charge in [0.15, 0.2) is 0 Å². The van der Waals surface area contributed by atoms with E-state index in [9.17, 15) is 24.6 Å². The highest BCUT2D eigenvalue weighted by molar-refractivity contribution is 8.18. The molecule has 3 rings (SSSR count). The number of rotatable bonds is 7. The van der Waals surface area contributed by atoms with Gasteiger partial charge in [-0.05, 0) is 53.2 Å². The first-order valence-electron chi connectivity index (χ1n) is 9.39. The van der Waals surface area contributed by atoms with E-state index in [-0.39, 0.29) is 17.2 Å². The molecule has 2 N–H and O–H groups in total. The molecule has 2 aromatic rings. The van der Waals surface area contributed by atoms with Gasteiger partial charge in [0.1, 0.15) is 18.0 Å². The maximum Gasteiger partial charge on any atom is 0.294 e. The van der Waals surface area contributed by atoms with E-state index in [2.05, 4.69) is 0 Å². The van der Waals surface area contributed by atoms with E-state index < -0.39 is 29.7 Å². The molecule has 1 heterocycles. The van der Waals surface area contributed by atoms with Gasteiger partial charge in [0, 0.05) is 7.05 Å². The Labute approximate surface area is 183 Å². The van der Waals surface area contributed by atoms with Gasteiger partial charge in [0.05, 0.1) is 24.7 Å². The van der Waals surface area contributed by atoms with E-state index in [0.717, 1.165) is 16.7 Å². The van der Waals surface area contributed by atoms with E-state index in [0.29, 0.717) is 16.9 Å². The molecule has 1 saturated heterocycles. The third-order valence-electron chi connectivity index (χ3n) is 4.71. The van der Waals surface area contributed by atoms with Crippen molar-refractivity contribution in [3.05, 3.63) is 64.6 Å². The number of carbonyl (C=O) groups is 3. The predicted molar refractivity (Wildman–Crippen MR) is 116 cm³/mol. The Hall–Kier alpha value is -3.30. The highest BCUT2D eigenvalue weighted by atomic mass is 32.2. The number of hydrogen-bond donors (Lipinski definition) is 2. The van der Waals surface area contributed by atoms with Gasteiger partial charge >= 0.3 is 0 Å². The fourth-order valence-electron chi connectivity index (χ4n) is 2.94. The topological polar surface area (TPSA) is 107 Å². The smallest absolute Gasteiger partial charge is 0.294 e. The van der Waals surface area contributed by atoms with Crippen LogP contribution in [0.25, 0.3) is 6.08 Å². The molecule has 0 saturated carbocycles. The van der Waals surface area contributed by atoms with Crippen molar-refractivity contribution >= 4 is 34.9 Å². The first-order chi connectivity index (χ1) is 14.8. The molecule has 1 atom stereocenters. The lowest BCUT2D eigenvalue weighted by atomic mass is 10.1. The minimum absolute atomic E-state index is 0.0283. The van der Waals surface area contributed by atoms with Crippen molar-refractivity contribution in [2.45, 2.75) is 6.10 Å². The van der Waals surface area contributed by atoms with Crippen LogP contribution in [0.5, 0.6) is 11.5 Å². The molecule has 162 valence electrons. The normalized spacial score (nSPS) is 16.0. The molecule has 9 heteroatoms. The third-order valence-corrected chi connectivity index (χ3v) is 5.62. The third kappa shape index (κ3) is 5.44. The van der Waals surface area contributed by atoms with Crippen molar-refractivity contribution in [3.8, 4) is 11.5 Å². The van der Waals surface area contributed by atoms with Gasteiger partial charge in [-0.25, -0.2) is 0 Å². The fraction of sp³-hybridized carbons (Fsp3) is 0.227. The molecule has 31 heavy (non-hydrogen) atoms. The maximum absolute atomic E-state index is 12.6. The molecule has 8 nitrogen and oxygen atoms in total. The number of benzene rings is 2. The Morgan fingerprint density at radius 3 is 2.61 bits per heavy atom. The number of imide groups is 1. The zero-order valence-electron chi connectivity index (χ0n) is 17.0. The Kier molecular flexibility index (Phi) is 6.98. The lowest BCUT2D eigenvalue weighted by Gasteiger charge is -2.23. The monoisotopic (exact) mass is 442 g/mol. The van der Waals surface area contributed by atoms with Gasteiger partial charge in [-0.3, -0.25) is 19.3 Å². The Balaban J connectivity index is 1.63. The fourth-order valence-corrected chi connectivity index (χ4v) is 3.78. The second kappa shape index (κ2) is 9.67. The van der Waals surface area contributed by atoms with Crippen molar-refractivity contribution in [3.63, 3.8) is 0 Å². The van der Waals surface area contributed by atoms with Crippen LogP contribution in [-0.4, -0.2) is 64.3 Å². The van der Waals surface area contributed by atoms with Crippen molar-refractivity contribution in [2.75, 3.05) is 27.2 Å². The largest absolute Gasteiger partial charge is 0.508 e. The van der Waals surface area contributed by atoms with Crippen LogP contribution in [0.15, 0.2) is 53.4 Å². The molecule has 0 spiro atoms. The van der Waals surface area contributed by atoms with Crippen molar-refractivity contribution < 1.29 is 29.3 Å². The SMILES string of the molecule is COc1cccc(C=C2SC(=O)N(CC(=O)N(C)CC(O)c3ccc(O)cc3)C2=O)c1. The molecule has 1 aliphatic heterocycles. The van der Waals surface area contributed by atoms with Crippen LogP contribution >= 0.6 is 11.8 Å². The summed E-state index contributed by atoms with van der Waals surface area (Å²) in [6, 6.07) is 13.0. The first-order valence-corrected chi connectivity index (χ1v) is 10.2. The molecule has 0 radical (unpaired) electrons. The number of amides is 3. The summed E-state index contributed by atoms with van der Waals surface area (Å²) >= 11 is 0.770. The zero-order valence-corrected chi connectivity index (χ0v) is 17.8. The van der Waals surface area contributed by atoms with Crippen LogP contribution in [0.1, 0.15) is 17.2 Å². The number of phenols is 1. The van der Waals surface area contributed by atoms with E-state index in [4.69, 9.17) is 4.74 Å². The number of likely N-dealkylation sites (N-methyl/N-ethyl adjacent to an activating group) is 1. The molecule has 2 aromatic carbocycles. The number of nitrogens with zero attached hydrogens (tertiary/aromatic N) is 2. The van der Waals surface area contributed by atoms with Crippen molar-refractivity contribution in [1.29, 1.82) is 0 Å². The van der Waals surface area contributed by atoms with E-state index in [1.165, 1.54) is 31.2 Å². The quantitative estimate of drug-likeness (QED) is 0.635. The number of aliphatic hydroxyl groups excluding tert-OH is 1. The summed E-state index contributed by atoms with van der Waals surface area (Å²) in [5, 5.41) is 19.1. The summed E-state index contributed by atoms with van der Waals surface area (Å²) in [4.78, 5) is 39.9. The summed E-state index contributed by atoms with van der Waals surface area (Å²) in [6.45, 7) is -0.446. The number of phenolic OH excluding ortho intramolecular Hbond substituents is 1. The standard InChI is InChI=1S/C22H22N2O6S/c1-23(12-18(26)15-6-8-16(25)9-7-15)20(27)13-24-21(28)19(31-22(24)29)11-14-4-3-5-17(10-14)30-2/h3-11,18,25-26H,12-13H2,1-2H3. The first kappa shape index (κ1) is 22.4. The second-order valence-corrected chi connectivity index (χ2v) is 7.92. The number of aromatic hydroxyl groups is 1. The summed E-state index contributed by atoms with van der Waals surface area (Å²) in [6.07, 6.45) is 0.605. The van der Waals surface area contributed by atoms with E-state index in [1.807, 2.05) is 0 Å². The molecule has 1 aliphatic rings. The lowest BCUT2D eigenvalue weighted by Crippen LogP contribution is -2.41. The van der Waals surface area contributed by atoms with Crippen LogP contribution in [0, 0.1) is 0 Å². The Morgan fingerprint density at radius 1 is 1.23 bits per heavy atom. The molecule has 3 amide bonds. The van der Waals surface area contributed by atoms with Gasteiger partial charge in [-0.15, -0.1) is 0 Å². The van der Waals surface area contributed by atoms with Crippen LogP contribution in [0.2, 0.25) is 0 Å². The van der Waals surface area contributed by atoms with Crippen LogP contribution in [0.4, 0.5) is 4.79 Å². The van der Waals surface area contributed by atoms with Gasteiger partial charge in [-0.2, -0.15) is 0 Å². The van der Waals surface area contributed by atoms with E-state index >= 15 is 0 Å². The van der Waals surface area contributed by atoms with Gasteiger partial charge in [-0.1, -0.05) is 24.3 Å². The highest BCUT2D eigenvalue weighted by Crippen LogP contribution is 2.32. The lowest BCUT2D eigenvalue weighted by molar-refractivity contribution is -0.135. The summed E-state index contributed by atoms with van der Waals surface area (Å²) in [5.74, 6) is -0.333. The van der Waals surface area contributed by atoms with Crippen LogP contribution in [0.3, 0.4) is 0 Å². The molecule has 0 bridgehead atoms. The highest BCUT2D eigenvalue weighted by Gasteiger charge is 2.37. The Morgan fingerprint density at radius 2 is 1.94 bits per heavy atom. The molecular formula is C22H22N2O6S. The number of aliphatic hydroxyl groups is 1. The average Bonchev–Trinajstić information content (AvgIpc) is 3.01. The van der Waals surface area contributed by atoms with Crippen molar-refractivity contribution in [2.24, 2.45) is 0 Å². The van der Waals surface area contributed by atoms with Gasteiger partial charge in [0.2, 0.25) is 5.91 Å². The van der Waals surface area contributed by atoms with Gasteiger partial charge in [0.25, 0.3) is 11.1 Å².